The normalized spacial score (nSPS) is 23.0. The van der Waals surface area contributed by atoms with Gasteiger partial charge in [-0.1, -0.05) is 19.1 Å². The fourth-order valence-electron chi connectivity index (χ4n) is 2.56. The second-order valence-corrected chi connectivity index (χ2v) is 5.37. The van der Waals surface area contributed by atoms with Crippen LogP contribution in [-0.2, 0) is 11.3 Å². The number of benzene rings is 1. The second kappa shape index (κ2) is 6.01. The summed E-state index contributed by atoms with van der Waals surface area (Å²) in [7, 11) is 0. The molecule has 18 heavy (non-hydrogen) atoms. The lowest BCUT2D eigenvalue weighted by Gasteiger charge is -2.12. The molecule has 3 nitrogen and oxygen atoms in total. The van der Waals surface area contributed by atoms with Gasteiger partial charge in [0.25, 0.3) is 0 Å². The first-order valence-corrected chi connectivity index (χ1v) is 6.73. The third-order valence-electron chi connectivity index (χ3n) is 3.56. The van der Waals surface area contributed by atoms with E-state index in [1.807, 2.05) is 12.1 Å². The van der Waals surface area contributed by atoms with Crippen LogP contribution in [0.5, 0.6) is 0 Å². The molecule has 2 rings (SSSR count). The predicted octanol–water partition coefficient (Wildman–Crippen LogP) is 2.92. The van der Waals surface area contributed by atoms with Crippen molar-refractivity contribution in [1.82, 2.24) is 5.32 Å². The van der Waals surface area contributed by atoms with Crippen LogP contribution in [-0.4, -0.2) is 11.9 Å². The van der Waals surface area contributed by atoms with Gasteiger partial charge in [-0.25, -0.2) is 0 Å². The Hall–Kier alpha value is -1.35. The molecule has 0 radical (unpaired) electrons. The summed E-state index contributed by atoms with van der Waals surface area (Å²) in [5.41, 5.74) is 2.13. The molecule has 0 spiro atoms. The molecular formula is C15H22N2O. The Morgan fingerprint density at radius 3 is 2.56 bits per heavy atom. The molecule has 1 aromatic carbocycles. The van der Waals surface area contributed by atoms with Gasteiger partial charge in [0.1, 0.15) is 0 Å². The lowest BCUT2D eigenvalue weighted by Crippen LogP contribution is -2.25. The van der Waals surface area contributed by atoms with Crippen LogP contribution in [0.25, 0.3) is 0 Å². The Labute approximate surface area is 109 Å². The van der Waals surface area contributed by atoms with Crippen molar-refractivity contribution in [2.45, 2.75) is 45.7 Å². The third kappa shape index (κ3) is 3.84. The molecule has 2 N–H and O–H groups in total. The monoisotopic (exact) mass is 246 g/mol. The van der Waals surface area contributed by atoms with E-state index in [2.05, 4.69) is 29.7 Å². The van der Waals surface area contributed by atoms with Gasteiger partial charge in [0.05, 0.1) is 0 Å². The quantitative estimate of drug-likeness (QED) is 0.857. The Morgan fingerprint density at radius 1 is 1.28 bits per heavy atom. The molecule has 3 heteroatoms. The molecule has 98 valence electrons. The van der Waals surface area contributed by atoms with Crippen molar-refractivity contribution in [3.05, 3.63) is 29.8 Å². The largest absolute Gasteiger partial charge is 0.326 e. The van der Waals surface area contributed by atoms with E-state index >= 15 is 0 Å². The first kappa shape index (κ1) is 13.1. The summed E-state index contributed by atoms with van der Waals surface area (Å²) in [5.74, 6) is 0.838. The molecule has 1 aromatic rings. The Balaban J connectivity index is 1.81. The molecule has 2 unspecified atom stereocenters. The Kier molecular flexibility index (Phi) is 4.37. The summed E-state index contributed by atoms with van der Waals surface area (Å²) in [4.78, 5) is 10.9. The standard InChI is InChI=1S/C15H22N2O/c1-11-3-6-15(9-11)16-10-13-4-7-14(8-5-13)17-12(2)18/h4-5,7-8,11,15-16H,3,6,9-10H2,1-2H3,(H,17,18). The maximum Gasteiger partial charge on any atom is 0.221 e. The van der Waals surface area contributed by atoms with Crippen LogP contribution < -0.4 is 10.6 Å². The van der Waals surface area contributed by atoms with Crippen LogP contribution in [0.4, 0.5) is 5.69 Å². The smallest absolute Gasteiger partial charge is 0.221 e. The first-order chi connectivity index (χ1) is 8.63. The van der Waals surface area contributed by atoms with Crippen molar-refractivity contribution in [3.63, 3.8) is 0 Å². The highest BCUT2D eigenvalue weighted by atomic mass is 16.1. The van der Waals surface area contributed by atoms with Crippen LogP contribution in [0.2, 0.25) is 0 Å². The molecule has 0 bridgehead atoms. The summed E-state index contributed by atoms with van der Waals surface area (Å²) < 4.78 is 0. The van der Waals surface area contributed by atoms with E-state index in [0.29, 0.717) is 6.04 Å². The number of rotatable bonds is 4. The molecular weight excluding hydrogens is 224 g/mol. The summed E-state index contributed by atoms with van der Waals surface area (Å²) in [5, 5.41) is 6.38. The Bertz CT molecular complexity index is 399. The molecule has 0 aromatic heterocycles. The fraction of sp³-hybridized carbons (Fsp3) is 0.533. The van der Waals surface area contributed by atoms with Gasteiger partial charge in [-0.15, -0.1) is 0 Å². The number of anilines is 1. The van der Waals surface area contributed by atoms with E-state index in [9.17, 15) is 4.79 Å². The van der Waals surface area contributed by atoms with Gasteiger partial charge >= 0.3 is 0 Å². The molecule has 1 aliphatic rings. The number of hydrogen-bond acceptors (Lipinski definition) is 2. The van der Waals surface area contributed by atoms with Crippen LogP contribution in [0.1, 0.15) is 38.7 Å². The zero-order valence-electron chi connectivity index (χ0n) is 11.2. The maximum atomic E-state index is 10.9. The molecule has 1 saturated carbocycles. The molecule has 1 fully saturated rings. The highest BCUT2D eigenvalue weighted by molar-refractivity contribution is 5.88. The van der Waals surface area contributed by atoms with Crippen molar-refractivity contribution < 1.29 is 4.79 Å². The van der Waals surface area contributed by atoms with E-state index in [4.69, 9.17) is 0 Å². The van der Waals surface area contributed by atoms with Gasteiger partial charge in [0.15, 0.2) is 0 Å². The SMILES string of the molecule is CC(=O)Nc1ccc(CNC2CCC(C)C2)cc1. The second-order valence-electron chi connectivity index (χ2n) is 5.37. The minimum atomic E-state index is -0.0270. The summed E-state index contributed by atoms with van der Waals surface area (Å²) in [6, 6.07) is 8.72. The number of carbonyl (C=O) groups is 1. The highest BCUT2D eigenvalue weighted by Crippen LogP contribution is 2.24. The molecule has 0 heterocycles. The summed E-state index contributed by atoms with van der Waals surface area (Å²) in [6.45, 7) is 4.76. The van der Waals surface area contributed by atoms with Crippen molar-refractivity contribution in [2.75, 3.05) is 5.32 Å². The average molecular weight is 246 g/mol. The van der Waals surface area contributed by atoms with Crippen molar-refractivity contribution in [3.8, 4) is 0 Å². The van der Waals surface area contributed by atoms with Crippen molar-refractivity contribution >= 4 is 11.6 Å². The van der Waals surface area contributed by atoms with Gasteiger partial charge in [-0.3, -0.25) is 4.79 Å². The van der Waals surface area contributed by atoms with Gasteiger partial charge in [0.2, 0.25) is 5.91 Å². The molecule has 2 atom stereocenters. The van der Waals surface area contributed by atoms with E-state index in [1.54, 1.807) is 0 Å². The van der Waals surface area contributed by atoms with E-state index in [1.165, 1.54) is 31.7 Å². The van der Waals surface area contributed by atoms with Gasteiger partial charge in [-0.2, -0.15) is 0 Å². The van der Waals surface area contributed by atoms with Crippen LogP contribution in [0, 0.1) is 5.92 Å². The summed E-state index contributed by atoms with van der Waals surface area (Å²) >= 11 is 0. The Morgan fingerprint density at radius 2 is 2.00 bits per heavy atom. The minimum Gasteiger partial charge on any atom is -0.326 e. The lowest BCUT2D eigenvalue weighted by molar-refractivity contribution is -0.114. The van der Waals surface area contributed by atoms with Crippen molar-refractivity contribution in [1.29, 1.82) is 0 Å². The molecule has 1 aliphatic carbocycles. The average Bonchev–Trinajstić information content (AvgIpc) is 2.74. The van der Waals surface area contributed by atoms with Crippen LogP contribution in [0.15, 0.2) is 24.3 Å². The minimum absolute atomic E-state index is 0.0270. The van der Waals surface area contributed by atoms with E-state index in [0.717, 1.165) is 18.2 Å². The number of hydrogen-bond donors (Lipinski definition) is 2. The topological polar surface area (TPSA) is 41.1 Å². The fourth-order valence-corrected chi connectivity index (χ4v) is 2.56. The lowest BCUT2D eigenvalue weighted by atomic mass is 10.1. The zero-order valence-corrected chi connectivity index (χ0v) is 11.2. The molecule has 0 saturated heterocycles. The van der Waals surface area contributed by atoms with Gasteiger partial charge in [-0.05, 0) is 42.9 Å². The highest BCUT2D eigenvalue weighted by Gasteiger charge is 2.20. The molecule has 0 aliphatic heterocycles. The van der Waals surface area contributed by atoms with E-state index < -0.39 is 0 Å². The third-order valence-corrected chi connectivity index (χ3v) is 3.56. The van der Waals surface area contributed by atoms with Crippen molar-refractivity contribution in [2.24, 2.45) is 5.92 Å². The van der Waals surface area contributed by atoms with Crippen LogP contribution in [0.3, 0.4) is 0 Å². The summed E-state index contributed by atoms with van der Waals surface area (Å²) in [6.07, 6.45) is 3.94. The van der Waals surface area contributed by atoms with E-state index in [-0.39, 0.29) is 5.91 Å². The number of carbonyl (C=O) groups excluding carboxylic acids is 1. The number of amides is 1. The number of nitrogens with one attached hydrogen (secondary N) is 2. The zero-order chi connectivity index (χ0) is 13.0. The van der Waals surface area contributed by atoms with Gasteiger partial charge < -0.3 is 10.6 Å². The van der Waals surface area contributed by atoms with Crippen LogP contribution >= 0.6 is 0 Å². The predicted molar refractivity (Wildman–Crippen MR) is 74.4 cm³/mol. The molecule has 1 amide bonds. The first-order valence-electron chi connectivity index (χ1n) is 6.73. The maximum absolute atomic E-state index is 10.9. The van der Waals surface area contributed by atoms with Gasteiger partial charge in [0, 0.05) is 25.2 Å².